The van der Waals surface area contributed by atoms with Gasteiger partial charge < -0.3 is 15.0 Å². The molecular formula is C24H24FN3O4S. The van der Waals surface area contributed by atoms with Crippen molar-refractivity contribution in [3.8, 4) is 5.75 Å². The third-order valence-corrected chi connectivity index (χ3v) is 7.81. The number of rotatable bonds is 6. The minimum absolute atomic E-state index is 0.184. The summed E-state index contributed by atoms with van der Waals surface area (Å²) in [6.45, 7) is 0.888. The van der Waals surface area contributed by atoms with E-state index in [1.54, 1.807) is 53.7 Å². The number of urea groups is 1. The third kappa shape index (κ3) is 5.67. The van der Waals surface area contributed by atoms with Crippen LogP contribution >= 0.6 is 0 Å². The topological polar surface area (TPSA) is 88.6 Å². The van der Waals surface area contributed by atoms with Gasteiger partial charge in [-0.3, -0.25) is 4.98 Å². The van der Waals surface area contributed by atoms with Gasteiger partial charge in [0.1, 0.15) is 18.2 Å². The molecule has 1 aromatic heterocycles. The Kier molecular flexibility index (Phi) is 6.88. The molecule has 1 aliphatic rings. The zero-order valence-corrected chi connectivity index (χ0v) is 18.7. The van der Waals surface area contributed by atoms with Crippen molar-refractivity contribution in [2.24, 2.45) is 0 Å². The number of amides is 2. The first kappa shape index (κ1) is 22.7. The molecule has 7 nitrogen and oxygen atoms in total. The van der Waals surface area contributed by atoms with Crippen LogP contribution in [0.4, 0.5) is 14.9 Å². The first-order valence-electron chi connectivity index (χ1n) is 10.6. The average molecular weight is 470 g/mol. The molecule has 3 aromatic rings. The van der Waals surface area contributed by atoms with E-state index in [0.29, 0.717) is 42.9 Å². The molecule has 2 aromatic carbocycles. The van der Waals surface area contributed by atoms with Crippen LogP contribution in [0.25, 0.3) is 0 Å². The predicted octanol–water partition coefficient (Wildman–Crippen LogP) is 4.27. The highest BCUT2D eigenvalue weighted by atomic mass is 32.2. The van der Waals surface area contributed by atoms with Crippen LogP contribution in [0.5, 0.6) is 5.75 Å². The smallest absolute Gasteiger partial charge is 0.321 e. The predicted molar refractivity (Wildman–Crippen MR) is 122 cm³/mol. The molecule has 0 aliphatic carbocycles. The number of piperidine rings is 1. The van der Waals surface area contributed by atoms with Gasteiger partial charge in [-0.1, -0.05) is 12.1 Å². The van der Waals surface area contributed by atoms with E-state index in [1.165, 1.54) is 24.3 Å². The Hall–Kier alpha value is -3.46. The summed E-state index contributed by atoms with van der Waals surface area (Å²) in [5.74, 6) is 0.165. The number of carbonyl (C=O) groups excluding carboxylic acids is 1. The minimum atomic E-state index is -3.53. The fourth-order valence-electron chi connectivity index (χ4n) is 3.72. The molecular weight excluding hydrogens is 445 g/mol. The van der Waals surface area contributed by atoms with Crippen LogP contribution in [0.3, 0.4) is 0 Å². The molecule has 1 saturated heterocycles. The first-order valence-corrected chi connectivity index (χ1v) is 12.1. The summed E-state index contributed by atoms with van der Waals surface area (Å²) in [5, 5.41) is 2.21. The number of nitrogens with one attached hydrogen (secondary N) is 1. The number of hydrogen-bond acceptors (Lipinski definition) is 5. The summed E-state index contributed by atoms with van der Waals surface area (Å²) in [6, 6.07) is 15.6. The average Bonchev–Trinajstić information content (AvgIpc) is 2.84. The minimum Gasteiger partial charge on any atom is -0.489 e. The molecule has 0 unspecified atom stereocenters. The lowest BCUT2D eigenvalue weighted by atomic mass is 10.1. The van der Waals surface area contributed by atoms with E-state index in [-0.39, 0.29) is 23.4 Å². The summed E-state index contributed by atoms with van der Waals surface area (Å²) in [6.07, 6.45) is 3.90. The molecule has 0 atom stereocenters. The number of hydrogen-bond donors (Lipinski definition) is 1. The Labute approximate surface area is 192 Å². The summed E-state index contributed by atoms with van der Waals surface area (Å²) < 4.78 is 45.0. The van der Waals surface area contributed by atoms with Gasteiger partial charge in [-0.05, 0) is 66.9 Å². The van der Waals surface area contributed by atoms with Crippen molar-refractivity contribution in [2.45, 2.75) is 29.6 Å². The van der Waals surface area contributed by atoms with Crippen molar-refractivity contribution in [1.29, 1.82) is 0 Å². The zero-order chi connectivity index (χ0) is 23.3. The van der Waals surface area contributed by atoms with Gasteiger partial charge in [-0.25, -0.2) is 17.6 Å². The number of aromatic nitrogens is 1. The van der Waals surface area contributed by atoms with Crippen LogP contribution < -0.4 is 10.1 Å². The van der Waals surface area contributed by atoms with E-state index < -0.39 is 15.1 Å². The third-order valence-electron chi connectivity index (χ3n) is 5.53. The largest absolute Gasteiger partial charge is 0.489 e. The lowest BCUT2D eigenvalue weighted by molar-refractivity contribution is 0.200. The Bertz CT molecular complexity index is 1200. The first-order chi connectivity index (χ1) is 15.9. The fourth-order valence-corrected chi connectivity index (χ4v) is 5.45. The number of nitrogens with zero attached hydrogens (tertiary/aromatic N) is 2. The molecule has 1 N–H and O–H groups in total. The maximum Gasteiger partial charge on any atom is 0.321 e. The normalized spacial score (nSPS) is 14.6. The number of ether oxygens (including phenoxy) is 1. The number of sulfone groups is 1. The highest BCUT2D eigenvalue weighted by Gasteiger charge is 2.32. The van der Waals surface area contributed by atoms with Gasteiger partial charge in [0.2, 0.25) is 0 Å². The molecule has 33 heavy (non-hydrogen) atoms. The molecule has 9 heteroatoms. The zero-order valence-electron chi connectivity index (χ0n) is 17.9. The van der Waals surface area contributed by atoms with E-state index in [4.69, 9.17) is 4.74 Å². The summed E-state index contributed by atoms with van der Waals surface area (Å²) in [4.78, 5) is 18.2. The SMILES string of the molecule is O=C(Nc1cccnc1)N1CCC(S(=O)(=O)c2ccc(OCc3cccc(F)c3)cc2)CC1. The summed E-state index contributed by atoms with van der Waals surface area (Å²) in [7, 11) is -3.53. The second-order valence-corrected chi connectivity index (χ2v) is 10.0. The summed E-state index contributed by atoms with van der Waals surface area (Å²) >= 11 is 0. The van der Waals surface area contributed by atoms with Crippen LogP contribution in [0.15, 0.2) is 78.0 Å². The van der Waals surface area contributed by atoms with Crippen molar-refractivity contribution in [1.82, 2.24) is 9.88 Å². The standard InChI is InChI=1S/C24H24FN3O4S/c25-19-4-1-3-18(15-19)17-32-21-6-8-22(9-7-21)33(30,31)23-10-13-28(14-11-23)24(29)27-20-5-2-12-26-16-20/h1-9,12,15-16,23H,10-11,13-14,17H2,(H,27,29). The maximum atomic E-state index is 13.3. The monoisotopic (exact) mass is 469 g/mol. The molecule has 0 spiro atoms. The van der Waals surface area contributed by atoms with Gasteiger partial charge in [-0.2, -0.15) is 0 Å². The molecule has 1 aliphatic heterocycles. The Morgan fingerprint density at radius 2 is 1.85 bits per heavy atom. The number of halogens is 1. The molecule has 0 radical (unpaired) electrons. The molecule has 2 amide bonds. The highest BCUT2D eigenvalue weighted by Crippen LogP contribution is 2.26. The van der Waals surface area contributed by atoms with Gasteiger partial charge in [0, 0.05) is 19.3 Å². The molecule has 0 bridgehead atoms. The van der Waals surface area contributed by atoms with Crippen LogP contribution in [0, 0.1) is 5.82 Å². The van der Waals surface area contributed by atoms with Crippen LogP contribution in [0.1, 0.15) is 18.4 Å². The summed E-state index contributed by atoms with van der Waals surface area (Å²) in [5.41, 5.74) is 1.28. The quantitative estimate of drug-likeness (QED) is 0.583. The number of carbonyl (C=O) groups is 1. The van der Waals surface area contributed by atoms with Gasteiger partial charge in [-0.15, -0.1) is 0 Å². The van der Waals surface area contributed by atoms with Crippen LogP contribution in [0.2, 0.25) is 0 Å². The van der Waals surface area contributed by atoms with E-state index in [2.05, 4.69) is 10.3 Å². The van der Waals surface area contributed by atoms with E-state index in [9.17, 15) is 17.6 Å². The van der Waals surface area contributed by atoms with E-state index in [1.807, 2.05) is 0 Å². The highest BCUT2D eigenvalue weighted by molar-refractivity contribution is 7.92. The number of likely N-dealkylation sites (tertiary alicyclic amines) is 1. The fraction of sp³-hybridized carbons (Fsp3) is 0.250. The van der Waals surface area contributed by atoms with Crippen molar-refractivity contribution in [2.75, 3.05) is 18.4 Å². The Morgan fingerprint density at radius 3 is 2.52 bits per heavy atom. The van der Waals surface area contributed by atoms with Gasteiger partial charge in [0.15, 0.2) is 9.84 Å². The van der Waals surface area contributed by atoms with Crippen LogP contribution in [-0.4, -0.2) is 42.7 Å². The van der Waals surface area contributed by atoms with Gasteiger partial charge in [0.05, 0.1) is 22.0 Å². The molecule has 4 rings (SSSR count). The van der Waals surface area contributed by atoms with Gasteiger partial charge in [0.25, 0.3) is 0 Å². The lowest BCUT2D eigenvalue weighted by Gasteiger charge is -2.31. The molecule has 2 heterocycles. The number of anilines is 1. The van der Waals surface area contributed by atoms with Crippen molar-refractivity contribution >= 4 is 21.6 Å². The Morgan fingerprint density at radius 1 is 1.09 bits per heavy atom. The maximum absolute atomic E-state index is 13.3. The molecule has 1 fully saturated rings. The van der Waals surface area contributed by atoms with E-state index >= 15 is 0 Å². The van der Waals surface area contributed by atoms with Crippen molar-refractivity contribution in [3.05, 3.63) is 84.4 Å². The van der Waals surface area contributed by atoms with Crippen molar-refractivity contribution < 1.29 is 22.3 Å². The molecule has 0 saturated carbocycles. The second kappa shape index (κ2) is 9.99. The Balaban J connectivity index is 1.32. The van der Waals surface area contributed by atoms with E-state index in [0.717, 1.165) is 0 Å². The number of benzene rings is 2. The molecule has 172 valence electrons. The van der Waals surface area contributed by atoms with Crippen LogP contribution in [-0.2, 0) is 16.4 Å². The van der Waals surface area contributed by atoms with Crippen molar-refractivity contribution in [3.63, 3.8) is 0 Å². The number of pyridine rings is 1. The second-order valence-electron chi connectivity index (χ2n) is 7.79. The lowest BCUT2D eigenvalue weighted by Crippen LogP contribution is -2.44. The van der Waals surface area contributed by atoms with Gasteiger partial charge >= 0.3 is 6.03 Å².